The van der Waals surface area contributed by atoms with Crippen LogP contribution in [0.1, 0.15) is 31.7 Å². The van der Waals surface area contributed by atoms with E-state index >= 15 is 0 Å². The van der Waals surface area contributed by atoms with E-state index in [4.69, 9.17) is 4.52 Å². The Labute approximate surface area is 182 Å². The SMILES string of the molecule is CCN(CC)S(=O)(=O)N1CCN(C(=O)CCc2nc(-c3ccc(F)c(C)c3)no2)CC1. The van der Waals surface area contributed by atoms with Gasteiger partial charge in [-0.25, -0.2) is 4.39 Å². The van der Waals surface area contributed by atoms with E-state index in [0.717, 1.165) is 0 Å². The summed E-state index contributed by atoms with van der Waals surface area (Å²) in [6, 6.07) is 4.57. The predicted molar refractivity (Wildman–Crippen MR) is 113 cm³/mol. The van der Waals surface area contributed by atoms with Gasteiger partial charge in [0.05, 0.1) is 0 Å². The molecule has 170 valence electrons. The standard InChI is InChI=1S/C20H28FN5O4S/c1-4-25(5-2)31(28,29)26-12-10-24(11-13-26)19(27)9-8-18-22-20(23-30-18)16-6-7-17(21)15(3)14-16/h6-7,14H,4-5,8-13H2,1-3H3. The van der Waals surface area contributed by atoms with E-state index in [2.05, 4.69) is 10.1 Å². The van der Waals surface area contributed by atoms with Crippen molar-refractivity contribution < 1.29 is 22.1 Å². The lowest BCUT2D eigenvalue weighted by Gasteiger charge is -2.36. The van der Waals surface area contributed by atoms with Gasteiger partial charge in [-0.1, -0.05) is 19.0 Å². The molecule has 9 nitrogen and oxygen atoms in total. The molecule has 1 fully saturated rings. The van der Waals surface area contributed by atoms with E-state index < -0.39 is 10.2 Å². The summed E-state index contributed by atoms with van der Waals surface area (Å²) in [7, 11) is -3.49. The van der Waals surface area contributed by atoms with Gasteiger partial charge in [0.1, 0.15) is 5.82 Å². The molecule has 0 radical (unpaired) electrons. The summed E-state index contributed by atoms with van der Waals surface area (Å²) < 4.78 is 46.7. The highest BCUT2D eigenvalue weighted by atomic mass is 32.2. The average molecular weight is 454 g/mol. The van der Waals surface area contributed by atoms with Crippen molar-refractivity contribution in [3.8, 4) is 11.4 Å². The van der Waals surface area contributed by atoms with Crippen LogP contribution in [0.15, 0.2) is 22.7 Å². The smallest absolute Gasteiger partial charge is 0.282 e. The van der Waals surface area contributed by atoms with E-state index in [-0.39, 0.29) is 37.7 Å². The molecule has 1 aromatic heterocycles. The van der Waals surface area contributed by atoms with E-state index in [1.165, 1.54) is 14.7 Å². The lowest BCUT2D eigenvalue weighted by molar-refractivity contribution is -0.132. The fraction of sp³-hybridized carbons (Fsp3) is 0.550. The number of nitrogens with zero attached hydrogens (tertiary/aromatic N) is 5. The monoisotopic (exact) mass is 453 g/mol. The first-order chi connectivity index (χ1) is 14.8. The van der Waals surface area contributed by atoms with Gasteiger partial charge in [-0.15, -0.1) is 0 Å². The first-order valence-corrected chi connectivity index (χ1v) is 11.8. The number of piperazine rings is 1. The second kappa shape index (κ2) is 9.84. The van der Waals surface area contributed by atoms with Gasteiger partial charge in [0, 0.05) is 57.7 Å². The molecule has 0 aliphatic carbocycles. The quantitative estimate of drug-likeness (QED) is 0.605. The summed E-state index contributed by atoms with van der Waals surface area (Å²) in [6.45, 7) is 7.36. The minimum Gasteiger partial charge on any atom is -0.340 e. The van der Waals surface area contributed by atoms with Crippen molar-refractivity contribution in [1.29, 1.82) is 0 Å². The van der Waals surface area contributed by atoms with Gasteiger partial charge in [-0.3, -0.25) is 4.79 Å². The van der Waals surface area contributed by atoms with Crippen LogP contribution in [0.2, 0.25) is 0 Å². The number of aryl methyl sites for hydroxylation is 2. The van der Waals surface area contributed by atoms with Gasteiger partial charge < -0.3 is 9.42 Å². The molecule has 0 N–H and O–H groups in total. The number of carbonyl (C=O) groups excluding carboxylic acids is 1. The highest BCUT2D eigenvalue weighted by molar-refractivity contribution is 7.86. The molecule has 31 heavy (non-hydrogen) atoms. The van der Waals surface area contributed by atoms with Gasteiger partial charge >= 0.3 is 0 Å². The van der Waals surface area contributed by atoms with Gasteiger partial charge in [0.2, 0.25) is 17.6 Å². The number of amides is 1. The first kappa shape index (κ1) is 23.3. The predicted octanol–water partition coefficient (Wildman–Crippen LogP) is 1.85. The zero-order valence-corrected chi connectivity index (χ0v) is 18.9. The molecule has 0 saturated carbocycles. The van der Waals surface area contributed by atoms with Crippen molar-refractivity contribution in [2.45, 2.75) is 33.6 Å². The van der Waals surface area contributed by atoms with Crippen LogP contribution in [0.4, 0.5) is 4.39 Å². The van der Waals surface area contributed by atoms with Crippen molar-refractivity contribution >= 4 is 16.1 Å². The van der Waals surface area contributed by atoms with E-state index in [1.807, 2.05) is 0 Å². The van der Waals surface area contributed by atoms with Crippen molar-refractivity contribution in [3.05, 3.63) is 35.5 Å². The first-order valence-electron chi connectivity index (χ1n) is 10.4. The van der Waals surface area contributed by atoms with Gasteiger partial charge in [-0.05, 0) is 30.7 Å². The van der Waals surface area contributed by atoms with Crippen LogP contribution in [0.5, 0.6) is 0 Å². The molecule has 1 aromatic carbocycles. The molecule has 0 unspecified atom stereocenters. The Morgan fingerprint density at radius 3 is 2.48 bits per heavy atom. The maximum Gasteiger partial charge on any atom is 0.282 e. The molecular weight excluding hydrogens is 425 g/mol. The fourth-order valence-electron chi connectivity index (χ4n) is 3.51. The number of halogens is 1. The Bertz CT molecular complexity index is 1010. The molecule has 11 heteroatoms. The third-order valence-electron chi connectivity index (χ3n) is 5.39. The summed E-state index contributed by atoms with van der Waals surface area (Å²) in [4.78, 5) is 18.5. The van der Waals surface area contributed by atoms with E-state index in [9.17, 15) is 17.6 Å². The Morgan fingerprint density at radius 1 is 1.19 bits per heavy atom. The third-order valence-corrected chi connectivity index (χ3v) is 7.57. The molecule has 0 atom stereocenters. The van der Waals surface area contributed by atoms with Crippen LogP contribution in [0, 0.1) is 12.7 Å². The van der Waals surface area contributed by atoms with Crippen LogP contribution in [-0.2, 0) is 21.4 Å². The number of carbonyl (C=O) groups is 1. The molecular formula is C20H28FN5O4S. The second-order valence-electron chi connectivity index (χ2n) is 7.35. The number of aromatic nitrogens is 2. The molecule has 3 rings (SSSR count). The van der Waals surface area contributed by atoms with Crippen LogP contribution >= 0.6 is 0 Å². The van der Waals surface area contributed by atoms with Crippen LogP contribution in [0.3, 0.4) is 0 Å². The molecule has 0 spiro atoms. The third kappa shape index (κ3) is 5.28. The van der Waals surface area contributed by atoms with Gasteiger partial charge in [0.25, 0.3) is 10.2 Å². The Kier molecular flexibility index (Phi) is 7.39. The zero-order valence-electron chi connectivity index (χ0n) is 18.0. The summed E-state index contributed by atoms with van der Waals surface area (Å²) >= 11 is 0. The van der Waals surface area contributed by atoms with E-state index in [1.54, 1.807) is 37.8 Å². The minimum absolute atomic E-state index is 0.0859. The zero-order chi connectivity index (χ0) is 22.6. The van der Waals surface area contributed by atoms with Crippen LogP contribution < -0.4 is 0 Å². The summed E-state index contributed by atoms with van der Waals surface area (Å²) in [5.41, 5.74) is 1.13. The molecule has 2 heterocycles. The van der Waals surface area contributed by atoms with Crippen molar-refractivity contribution in [2.75, 3.05) is 39.3 Å². The molecule has 0 bridgehead atoms. The maximum atomic E-state index is 13.4. The Hall–Kier alpha value is -2.37. The second-order valence-corrected chi connectivity index (χ2v) is 9.28. The Balaban J connectivity index is 1.52. The maximum absolute atomic E-state index is 13.4. The van der Waals surface area contributed by atoms with Crippen molar-refractivity contribution in [1.82, 2.24) is 23.7 Å². The topological polar surface area (TPSA) is 99.9 Å². The van der Waals surface area contributed by atoms with Crippen LogP contribution in [-0.4, -0.2) is 77.2 Å². The number of rotatable bonds is 8. The highest BCUT2D eigenvalue weighted by Gasteiger charge is 2.32. The summed E-state index contributed by atoms with van der Waals surface area (Å²) in [5.74, 6) is 0.286. The lowest BCUT2D eigenvalue weighted by Crippen LogP contribution is -2.54. The van der Waals surface area contributed by atoms with Crippen molar-refractivity contribution in [2.24, 2.45) is 0 Å². The Morgan fingerprint density at radius 2 is 1.87 bits per heavy atom. The largest absolute Gasteiger partial charge is 0.340 e. The minimum atomic E-state index is -3.49. The molecule has 1 aliphatic heterocycles. The summed E-state index contributed by atoms with van der Waals surface area (Å²) in [5, 5.41) is 3.91. The average Bonchev–Trinajstić information content (AvgIpc) is 3.24. The lowest BCUT2D eigenvalue weighted by atomic mass is 10.1. The van der Waals surface area contributed by atoms with Crippen molar-refractivity contribution in [3.63, 3.8) is 0 Å². The normalized spacial score (nSPS) is 15.6. The number of benzene rings is 1. The summed E-state index contributed by atoms with van der Waals surface area (Å²) in [6.07, 6.45) is 0.469. The number of hydrogen-bond acceptors (Lipinski definition) is 6. The van der Waals surface area contributed by atoms with Gasteiger partial charge in [0.15, 0.2) is 0 Å². The number of hydrogen-bond donors (Lipinski definition) is 0. The fourth-order valence-corrected chi connectivity index (χ4v) is 5.11. The molecule has 1 saturated heterocycles. The molecule has 2 aromatic rings. The van der Waals surface area contributed by atoms with E-state index in [0.29, 0.717) is 49.0 Å². The molecule has 1 amide bonds. The highest BCUT2D eigenvalue weighted by Crippen LogP contribution is 2.20. The van der Waals surface area contributed by atoms with Gasteiger partial charge in [-0.2, -0.15) is 22.0 Å². The van der Waals surface area contributed by atoms with Crippen LogP contribution in [0.25, 0.3) is 11.4 Å². The molecule has 1 aliphatic rings.